The molecule has 0 radical (unpaired) electrons. The van der Waals surface area contributed by atoms with Crippen LogP contribution in [0.3, 0.4) is 0 Å². The first-order valence-electron chi connectivity index (χ1n) is 3.19. The maximum Gasteiger partial charge on any atom is 0.254 e. The summed E-state index contributed by atoms with van der Waals surface area (Å²) in [4.78, 5) is 15.0. The third kappa shape index (κ3) is 1.95. The molecule has 64 valence electrons. The quantitative estimate of drug-likeness (QED) is 0.772. The number of halogens is 2. The van der Waals surface area contributed by atoms with Crippen molar-refractivity contribution in [2.24, 2.45) is 0 Å². The number of hydrogen-bond acceptors (Lipinski definition) is 2. The van der Waals surface area contributed by atoms with Crippen LogP contribution in [0.5, 0.6) is 0 Å². The summed E-state index contributed by atoms with van der Waals surface area (Å²) in [5.74, 6) is -0.236. The second-order valence-electron chi connectivity index (χ2n) is 2.05. The molecule has 0 saturated heterocycles. The van der Waals surface area contributed by atoms with Crippen molar-refractivity contribution in [3.8, 4) is 0 Å². The van der Waals surface area contributed by atoms with Crippen molar-refractivity contribution in [2.75, 3.05) is 7.05 Å². The molecule has 0 unspecified atom stereocenters. The van der Waals surface area contributed by atoms with Gasteiger partial charge in [0, 0.05) is 7.05 Å². The molecule has 1 heterocycles. The maximum atomic E-state index is 11.1. The maximum absolute atomic E-state index is 11.1. The number of carbonyl (C=O) groups excluding carboxylic acids is 1. The molecule has 0 bridgehead atoms. The Morgan fingerprint density at radius 2 is 2.33 bits per heavy atom. The molecule has 0 spiro atoms. The molecule has 0 aliphatic carbocycles. The van der Waals surface area contributed by atoms with Crippen LogP contribution in [0.15, 0.2) is 16.7 Å². The zero-order chi connectivity index (χ0) is 9.14. The number of rotatable bonds is 1. The summed E-state index contributed by atoms with van der Waals surface area (Å²) in [6.45, 7) is 0. The lowest BCUT2D eigenvalue weighted by Gasteiger charge is -2.00. The van der Waals surface area contributed by atoms with E-state index in [1.54, 1.807) is 19.2 Å². The number of nitrogens with one attached hydrogen (secondary N) is 1. The molecule has 0 fully saturated rings. The summed E-state index contributed by atoms with van der Waals surface area (Å²) in [7, 11) is 1.54. The van der Waals surface area contributed by atoms with E-state index in [4.69, 9.17) is 11.6 Å². The molecule has 0 aromatic carbocycles. The SMILES string of the molecule is CNC(=O)c1ccc(Br)nc1Cl. The highest BCUT2D eigenvalue weighted by molar-refractivity contribution is 9.10. The molecule has 0 saturated carbocycles. The molecule has 12 heavy (non-hydrogen) atoms. The number of hydrogen-bond donors (Lipinski definition) is 1. The van der Waals surface area contributed by atoms with E-state index < -0.39 is 0 Å². The van der Waals surface area contributed by atoms with Gasteiger partial charge in [0.15, 0.2) is 0 Å². The van der Waals surface area contributed by atoms with Gasteiger partial charge in [0.1, 0.15) is 9.76 Å². The fraction of sp³-hybridized carbons (Fsp3) is 0.143. The minimum atomic E-state index is -0.236. The Hall–Kier alpha value is -0.610. The Morgan fingerprint density at radius 3 is 2.83 bits per heavy atom. The third-order valence-electron chi connectivity index (χ3n) is 1.29. The van der Waals surface area contributed by atoms with Crippen LogP contribution in [-0.2, 0) is 0 Å². The van der Waals surface area contributed by atoms with Crippen molar-refractivity contribution in [1.82, 2.24) is 10.3 Å². The van der Waals surface area contributed by atoms with E-state index >= 15 is 0 Å². The normalized spacial score (nSPS) is 9.58. The van der Waals surface area contributed by atoms with Gasteiger partial charge < -0.3 is 5.32 Å². The van der Waals surface area contributed by atoms with Crippen molar-refractivity contribution in [3.05, 3.63) is 27.5 Å². The standard InChI is InChI=1S/C7H6BrClN2O/c1-10-7(12)4-2-3-5(8)11-6(4)9/h2-3H,1H3,(H,10,12). The Bertz CT molecular complexity index is 316. The van der Waals surface area contributed by atoms with Crippen LogP contribution in [0.25, 0.3) is 0 Å². The summed E-state index contributed by atoms with van der Waals surface area (Å²) >= 11 is 8.84. The van der Waals surface area contributed by atoms with Gasteiger partial charge in [0.05, 0.1) is 5.56 Å². The predicted molar refractivity (Wildman–Crippen MR) is 50.3 cm³/mol. The zero-order valence-corrected chi connectivity index (χ0v) is 8.61. The fourth-order valence-corrected chi connectivity index (χ4v) is 1.37. The van der Waals surface area contributed by atoms with Gasteiger partial charge in [-0.15, -0.1) is 0 Å². The van der Waals surface area contributed by atoms with E-state index in [0.29, 0.717) is 10.2 Å². The molecular weight excluding hydrogens is 243 g/mol. The Labute approximate surface area is 83.3 Å². The molecule has 1 aromatic rings. The minimum absolute atomic E-state index is 0.198. The topological polar surface area (TPSA) is 42.0 Å². The van der Waals surface area contributed by atoms with E-state index in [0.717, 1.165) is 0 Å². The zero-order valence-electron chi connectivity index (χ0n) is 6.27. The highest BCUT2D eigenvalue weighted by Crippen LogP contribution is 2.16. The highest BCUT2D eigenvalue weighted by Gasteiger charge is 2.08. The van der Waals surface area contributed by atoms with Crippen LogP contribution in [0.4, 0.5) is 0 Å². The lowest BCUT2D eigenvalue weighted by molar-refractivity contribution is 0.0963. The van der Waals surface area contributed by atoms with Crippen molar-refractivity contribution in [1.29, 1.82) is 0 Å². The number of amides is 1. The monoisotopic (exact) mass is 248 g/mol. The van der Waals surface area contributed by atoms with E-state index in [1.165, 1.54) is 0 Å². The van der Waals surface area contributed by atoms with Gasteiger partial charge in [-0.05, 0) is 28.1 Å². The van der Waals surface area contributed by atoms with E-state index in [-0.39, 0.29) is 11.1 Å². The number of pyridine rings is 1. The molecule has 0 atom stereocenters. The Morgan fingerprint density at radius 1 is 1.67 bits per heavy atom. The first-order chi connectivity index (χ1) is 5.65. The number of carbonyl (C=O) groups is 1. The molecule has 3 nitrogen and oxygen atoms in total. The summed E-state index contributed by atoms with van der Waals surface area (Å²) in [5.41, 5.74) is 0.377. The van der Waals surface area contributed by atoms with Gasteiger partial charge in [-0.3, -0.25) is 4.79 Å². The molecule has 0 aliphatic rings. The first-order valence-corrected chi connectivity index (χ1v) is 4.36. The van der Waals surface area contributed by atoms with Crippen LogP contribution in [0, 0.1) is 0 Å². The van der Waals surface area contributed by atoms with Crippen LogP contribution < -0.4 is 5.32 Å². The molecule has 5 heteroatoms. The largest absolute Gasteiger partial charge is 0.355 e. The van der Waals surface area contributed by atoms with Crippen molar-refractivity contribution in [2.45, 2.75) is 0 Å². The molecule has 1 amide bonds. The van der Waals surface area contributed by atoms with Crippen molar-refractivity contribution < 1.29 is 4.79 Å². The van der Waals surface area contributed by atoms with Gasteiger partial charge in [-0.1, -0.05) is 11.6 Å². The van der Waals surface area contributed by atoms with Crippen LogP contribution in [0.2, 0.25) is 5.15 Å². The van der Waals surface area contributed by atoms with Crippen LogP contribution >= 0.6 is 27.5 Å². The lowest BCUT2D eigenvalue weighted by Crippen LogP contribution is -2.18. The molecule has 0 aliphatic heterocycles. The summed E-state index contributed by atoms with van der Waals surface area (Å²) < 4.78 is 0.611. The Balaban J connectivity index is 3.09. The van der Waals surface area contributed by atoms with Gasteiger partial charge in [0.2, 0.25) is 0 Å². The highest BCUT2D eigenvalue weighted by atomic mass is 79.9. The van der Waals surface area contributed by atoms with E-state index in [2.05, 4.69) is 26.2 Å². The second-order valence-corrected chi connectivity index (χ2v) is 3.22. The van der Waals surface area contributed by atoms with Gasteiger partial charge in [-0.2, -0.15) is 0 Å². The van der Waals surface area contributed by atoms with Gasteiger partial charge >= 0.3 is 0 Å². The van der Waals surface area contributed by atoms with Crippen molar-refractivity contribution >= 4 is 33.4 Å². The van der Waals surface area contributed by atoms with Gasteiger partial charge in [0.25, 0.3) is 5.91 Å². The van der Waals surface area contributed by atoms with Crippen LogP contribution in [-0.4, -0.2) is 17.9 Å². The average Bonchev–Trinajstić information content (AvgIpc) is 2.03. The molecule has 1 rings (SSSR count). The van der Waals surface area contributed by atoms with E-state index in [9.17, 15) is 4.79 Å². The third-order valence-corrected chi connectivity index (χ3v) is 2.02. The molecular formula is C7H6BrClN2O. The minimum Gasteiger partial charge on any atom is -0.355 e. The summed E-state index contributed by atoms with van der Waals surface area (Å²) in [5, 5.41) is 2.66. The average molecular weight is 249 g/mol. The summed E-state index contributed by atoms with van der Waals surface area (Å²) in [6, 6.07) is 3.27. The number of nitrogens with zero attached hydrogens (tertiary/aromatic N) is 1. The molecule has 1 N–H and O–H groups in total. The number of aromatic nitrogens is 1. The first kappa shape index (κ1) is 9.48. The Kier molecular flexibility index (Phi) is 3.05. The van der Waals surface area contributed by atoms with Crippen LogP contribution in [0.1, 0.15) is 10.4 Å². The predicted octanol–water partition coefficient (Wildman–Crippen LogP) is 1.86. The smallest absolute Gasteiger partial charge is 0.254 e. The van der Waals surface area contributed by atoms with E-state index in [1.807, 2.05) is 0 Å². The second kappa shape index (κ2) is 3.87. The lowest BCUT2D eigenvalue weighted by atomic mass is 10.3. The molecule has 1 aromatic heterocycles. The summed E-state index contributed by atoms with van der Waals surface area (Å²) in [6.07, 6.45) is 0. The van der Waals surface area contributed by atoms with Crippen molar-refractivity contribution in [3.63, 3.8) is 0 Å². The van der Waals surface area contributed by atoms with Gasteiger partial charge in [-0.25, -0.2) is 4.98 Å². The fourth-order valence-electron chi connectivity index (χ4n) is 0.716.